The maximum absolute atomic E-state index is 14.9. The second kappa shape index (κ2) is 9.90. The number of halogens is 4. The fourth-order valence-electron chi connectivity index (χ4n) is 3.71. The summed E-state index contributed by atoms with van der Waals surface area (Å²) in [7, 11) is 1.57. The van der Waals surface area contributed by atoms with Gasteiger partial charge in [0.2, 0.25) is 11.2 Å². The Labute approximate surface area is 201 Å². The summed E-state index contributed by atoms with van der Waals surface area (Å²) >= 11 is 15.3. The lowest BCUT2D eigenvalue weighted by Gasteiger charge is -2.45. The van der Waals surface area contributed by atoms with Gasteiger partial charge >= 0.3 is 6.09 Å². The van der Waals surface area contributed by atoms with Gasteiger partial charge in [0.25, 0.3) is 0 Å². The van der Waals surface area contributed by atoms with Crippen molar-refractivity contribution in [3.8, 4) is 0 Å². The Morgan fingerprint density at radius 3 is 2.66 bits per heavy atom. The first-order valence-electron chi connectivity index (χ1n) is 9.69. The summed E-state index contributed by atoms with van der Waals surface area (Å²) in [6.45, 7) is 1.86. The van der Waals surface area contributed by atoms with Crippen molar-refractivity contribution in [1.29, 1.82) is 0 Å². The van der Waals surface area contributed by atoms with Gasteiger partial charge in [-0.25, -0.2) is 14.2 Å². The summed E-state index contributed by atoms with van der Waals surface area (Å²) in [6.07, 6.45) is -0.790. The minimum atomic E-state index is -1.16. The van der Waals surface area contributed by atoms with Crippen molar-refractivity contribution in [3.05, 3.63) is 26.7 Å². The smallest absolute Gasteiger partial charge is 0.407 e. The van der Waals surface area contributed by atoms with Gasteiger partial charge in [-0.15, -0.1) is 0 Å². The molecule has 2 aromatic rings. The summed E-state index contributed by atoms with van der Waals surface area (Å²) < 4.78 is 14.9. The average molecular weight is 553 g/mol. The lowest BCUT2D eigenvalue weighted by molar-refractivity contribution is -0.132. The number of carboxylic acid groups (broad SMARTS) is 1. The lowest BCUT2D eigenvalue weighted by atomic mass is 10.0. The number of hydrogen-bond donors (Lipinski definition) is 2. The van der Waals surface area contributed by atoms with Gasteiger partial charge in [-0.05, 0) is 46.9 Å². The standard InChI is InChI=1S/C19H21BrCl2FN5O4/c1-9-7-28(12(8-27(9)19(31)32)17(30)26(2)4-3-5-29)16-10-6-11(21)13(20)14(23)15(10)24-18(22)25-16/h6,9,12,29H,3-5,7-8H2,1-2H3,(H,31,32). The van der Waals surface area contributed by atoms with E-state index in [1.54, 1.807) is 18.9 Å². The maximum Gasteiger partial charge on any atom is 0.407 e. The first kappa shape index (κ1) is 24.7. The number of nitrogens with zero attached hydrogens (tertiary/aromatic N) is 5. The summed E-state index contributed by atoms with van der Waals surface area (Å²) in [4.78, 5) is 37.5. The van der Waals surface area contributed by atoms with Gasteiger partial charge in [0.1, 0.15) is 17.4 Å². The van der Waals surface area contributed by atoms with Crippen LogP contribution in [-0.4, -0.2) is 87.4 Å². The van der Waals surface area contributed by atoms with Crippen molar-refractivity contribution in [3.63, 3.8) is 0 Å². The summed E-state index contributed by atoms with van der Waals surface area (Å²) in [5.41, 5.74) is -0.0792. The lowest BCUT2D eigenvalue weighted by Crippen LogP contribution is -2.63. The molecule has 32 heavy (non-hydrogen) atoms. The number of rotatable bonds is 5. The first-order chi connectivity index (χ1) is 15.1. The number of anilines is 1. The number of fused-ring (bicyclic) bond motifs is 1. The predicted molar refractivity (Wildman–Crippen MR) is 122 cm³/mol. The highest BCUT2D eigenvalue weighted by Crippen LogP contribution is 2.37. The number of carbonyl (C=O) groups excluding carboxylic acids is 1. The normalized spacial score (nSPS) is 18.8. The minimum Gasteiger partial charge on any atom is -0.465 e. The number of amides is 2. The van der Waals surface area contributed by atoms with E-state index in [-0.39, 0.29) is 63.6 Å². The molecular weight excluding hydrogens is 532 g/mol. The molecule has 1 fully saturated rings. The van der Waals surface area contributed by atoms with E-state index >= 15 is 0 Å². The van der Waals surface area contributed by atoms with E-state index < -0.39 is 24.0 Å². The van der Waals surface area contributed by atoms with Crippen LogP contribution in [0.2, 0.25) is 10.3 Å². The number of carbonyl (C=O) groups is 2. The molecule has 174 valence electrons. The molecule has 2 heterocycles. The number of aliphatic hydroxyl groups excluding tert-OH is 1. The second-order valence-corrected chi connectivity index (χ2v) is 9.03. The van der Waals surface area contributed by atoms with Crippen molar-refractivity contribution in [2.45, 2.75) is 25.4 Å². The number of aliphatic hydroxyl groups is 1. The molecule has 1 aliphatic rings. The van der Waals surface area contributed by atoms with Gasteiger partial charge < -0.3 is 24.9 Å². The largest absolute Gasteiger partial charge is 0.465 e. The number of aromatic nitrogens is 2. The number of hydrogen-bond acceptors (Lipinski definition) is 6. The molecule has 0 radical (unpaired) electrons. The molecule has 1 aromatic heterocycles. The van der Waals surface area contributed by atoms with Gasteiger partial charge in [-0.3, -0.25) is 4.79 Å². The topological polar surface area (TPSA) is 110 Å². The van der Waals surface area contributed by atoms with E-state index in [2.05, 4.69) is 25.9 Å². The van der Waals surface area contributed by atoms with Gasteiger partial charge in [-0.2, -0.15) is 4.98 Å². The summed E-state index contributed by atoms with van der Waals surface area (Å²) in [6, 6.07) is 0.0329. The molecule has 0 saturated carbocycles. The van der Waals surface area contributed by atoms with Crippen molar-refractivity contribution in [2.75, 3.05) is 38.2 Å². The molecule has 2 amide bonds. The molecular formula is C19H21BrCl2FN5O4. The number of benzene rings is 1. The Hall–Kier alpha value is -1.95. The molecule has 13 heteroatoms. The third kappa shape index (κ3) is 4.70. The Kier molecular flexibility index (Phi) is 7.64. The van der Waals surface area contributed by atoms with Crippen LogP contribution in [0, 0.1) is 5.82 Å². The Morgan fingerprint density at radius 2 is 2.03 bits per heavy atom. The van der Waals surface area contributed by atoms with Crippen LogP contribution in [0.1, 0.15) is 13.3 Å². The number of likely N-dealkylation sites (N-methyl/N-ethyl adjacent to an activating group) is 1. The highest BCUT2D eigenvalue weighted by atomic mass is 79.9. The zero-order valence-corrected chi connectivity index (χ0v) is 20.3. The quantitative estimate of drug-likeness (QED) is 0.433. The fourth-order valence-corrected chi connectivity index (χ4v) is 4.37. The van der Waals surface area contributed by atoms with E-state index in [9.17, 15) is 19.1 Å². The van der Waals surface area contributed by atoms with E-state index in [0.29, 0.717) is 6.42 Å². The monoisotopic (exact) mass is 551 g/mol. The van der Waals surface area contributed by atoms with Crippen LogP contribution in [0.4, 0.5) is 15.0 Å². The molecule has 0 bridgehead atoms. The van der Waals surface area contributed by atoms with E-state index in [1.807, 2.05) is 0 Å². The third-order valence-corrected chi connectivity index (χ3v) is 6.82. The van der Waals surface area contributed by atoms with E-state index in [0.717, 1.165) is 0 Å². The Morgan fingerprint density at radius 1 is 1.34 bits per heavy atom. The first-order valence-corrected chi connectivity index (χ1v) is 11.2. The summed E-state index contributed by atoms with van der Waals surface area (Å²) in [5.74, 6) is -0.916. The zero-order valence-electron chi connectivity index (χ0n) is 17.2. The highest BCUT2D eigenvalue weighted by molar-refractivity contribution is 9.10. The molecule has 3 rings (SSSR count). The second-order valence-electron chi connectivity index (χ2n) is 7.49. The third-order valence-electron chi connectivity index (χ3n) is 5.35. The molecule has 0 aliphatic carbocycles. The molecule has 1 aromatic carbocycles. The van der Waals surface area contributed by atoms with Crippen LogP contribution in [0.5, 0.6) is 0 Å². The summed E-state index contributed by atoms with van der Waals surface area (Å²) in [5, 5.41) is 18.8. The number of piperazine rings is 1. The van der Waals surface area contributed by atoms with Crippen molar-refractivity contribution < 1.29 is 24.2 Å². The average Bonchev–Trinajstić information content (AvgIpc) is 2.75. The molecule has 1 aliphatic heterocycles. The van der Waals surface area contributed by atoms with Crippen molar-refractivity contribution in [2.24, 2.45) is 0 Å². The van der Waals surface area contributed by atoms with Gasteiger partial charge in [0.05, 0.1) is 16.0 Å². The molecule has 9 nitrogen and oxygen atoms in total. The molecule has 0 spiro atoms. The van der Waals surface area contributed by atoms with Gasteiger partial charge in [-0.1, -0.05) is 11.6 Å². The molecule has 2 N–H and O–H groups in total. The zero-order chi connectivity index (χ0) is 23.7. The van der Waals surface area contributed by atoms with Crippen LogP contribution in [0.25, 0.3) is 10.9 Å². The molecule has 2 atom stereocenters. The minimum absolute atomic E-state index is 0.0211. The van der Waals surface area contributed by atoms with E-state index in [1.165, 1.54) is 15.9 Å². The van der Waals surface area contributed by atoms with Crippen LogP contribution >= 0.6 is 39.1 Å². The highest BCUT2D eigenvalue weighted by Gasteiger charge is 2.40. The van der Waals surface area contributed by atoms with Gasteiger partial charge in [0, 0.05) is 38.2 Å². The van der Waals surface area contributed by atoms with E-state index in [4.69, 9.17) is 28.3 Å². The van der Waals surface area contributed by atoms with Gasteiger partial charge in [0.15, 0.2) is 5.82 Å². The van der Waals surface area contributed by atoms with Crippen LogP contribution in [0.3, 0.4) is 0 Å². The molecule has 2 unspecified atom stereocenters. The van der Waals surface area contributed by atoms with Crippen LogP contribution < -0.4 is 4.90 Å². The maximum atomic E-state index is 14.9. The van der Waals surface area contributed by atoms with Crippen molar-refractivity contribution >= 4 is 67.9 Å². The van der Waals surface area contributed by atoms with Crippen molar-refractivity contribution in [1.82, 2.24) is 19.8 Å². The fraction of sp³-hybridized carbons (Fsp3) is 0.474. The van der Waals surface area contributed by atoms with Crippen LogP contribution in [0.15, 0.2) is 10.5 Å². The SMILES string of the molecule is CC1CN(c2nc(Cl)nc3c(F)c(Br)c(Cl)cc23)C(C(=O)N(C)CCCO)CN1C(=O)O. The Bertz CT molecular complexity index is 1060. The predicted octanol–water partition coefficient (Wildman–Crippen LogP) is 3.24. The Balaban J connectivity index is 2.15. The van der Waals surface area contributed by atoms with Crippen LogP contribution in [-0.2, 0) is 4.79 Å². The molecule has 1 saturated heterocycles.